The largest absolute Gasteiger partial charge is 0.340 e. The second-order valence-electron chi connectivity index (χ2n) is 1.55. The standard InChI is InChI=1S/C3H9N2O2P/c1-7-8(6)4-2-3-5-8/h2-3H2,1H3,(H2,4,5,6). The van der Waals surface area contributed by atoms with Crippen LogP contribution in [0.4, 0.5) is 0 Å². The lowest BCUT2D eigenvalue weighted by Crippen LogP contribution is -2.06. The van der Waals surface area contributed by atoms with Crippen LogP contribution in [0.1, 0.15) is 0 Å². The van der Waals surface area contributed by atoms with Crippen molar-refractivity contribution in [3.05, 3.63) is 0 Å². The third-order valence-electron chi connectivity index (χ3n) is 1.02. The van der Waals surface area contributed by atoms with Gasteiger partial charge >= 0.3 is 7.67 Å². The molecule has 0 unspecified atom stereocenters. The van der Waals surface area contributed by atoms with E-state index in [9.17, 15) is 4.57 Å². The van der Waals surface area contributed by atoms with Gasteiger partial charge in [-0.15, -0.1) is 0 Å². The van der Waals surface area contributed by atoms with Gasteiger partial charge in [0.25, 0.3) is 0 Å². The van der Waals surface area contributed by atoms with E-state index in [-0.39, 0.29) is 0 Å². The van der Waals surface area contributed by atoms with Crippen LogP contribution >= 0.6 is 7.67 Å². The number of nitrogens with one attached hydrogen (secondary N) is 2. The van der Waals surface area contributed by atoms with E-state index in [1.54, 1.807) is 0 Å². The predicted molar refractivity (Wildman–Crippen MR) is 30.6 cm³/mol. The summed E-state index contributed by atoms with van der Waals surface area (Å²) in [4.78, 5) is 0. The SMILES string of the molecule is COP1(=O)NCCN1. The van der Waals surface area contributed by atoms with Crippen molar-refractivity contribution in [2.75, 3.05) is 20.2 Å². The molecule has 5 heteroatoms. The first-order valence-electron chi connectivity index (χ1n) is 2.43. The van der Waals surface area contributed by atoms with Gasteiger partial charge in [0.05, 0.1) is 0 Å². The average molecular weight is 136 g/mol. The van der Waals surface area contributed by atoms with Crippen molar-refractivity contribution < 1.29 is 9.09 Å². The van der Waals surface area contributed by atoms with Crippen molar-refractivity contribution in [3.63, 3.8) is 0 Å². The molecule has 1 saturated heterocycles. The summed E-state index contributed by atoms with van der Waals surface area (Å²) in [5.74, 6) is 0. The van der Waals surface area contributed by atoms with Gasteiger partial charge < -0.3 is 4.52 Å². The quantitative estimate of drug-likeness (QED) is 0.495. The molecule has 0 radical (unpaired) electrons. The summed E-state index contributed by atoms with van der Waals surface area (Å²) < 4.78 is 15.6. The van der Waals surface area contributed by atoms with Crippen molar-refractivity contribution in [1.82, 2.24) is 10.2 Å². The Morgan fingerprint density at radius 1 is 1.50 bits per heavy atom. The summed E-state index contributed by atoms with van der Waals surface area (Å²) in [7, 11) is -1.13. The summed E-state index contributed by atoms with van der Waals surface area (Å²) in [5.41, 5.74) is 0. The maximum atomic E-state index is 10.9. The normalized spacial score (nSPS) is 26.1. The third kappa shape index (κ3) is 1.09. The Morgan fingerprint density at radius 2 is 2.00 bits per heavy atom. The third-order valence-corrected chi connectivity index (χ3v) is 2.82. The van der Waals surface area contributed by atoms with Crippen LogP contribution in [0.15, 0.2) is 0 Å². The number of hydrogen-bond acceptors (Lipinski definition) is 2. The first-order valence-corrected chi connectivity index (χ1v) is 4.05. The maximum absolute atomic E-state index is 10.9. The van der Waals surface area contributed by atoms with Crippen molar-refractivity contribution >= 4 is 7.67 Å². The molecule has 0 bridgehead atoms. The minimum atomic E-state index is -2.55. The number of hydrogen-bond donors (Lipinski definition) is 2. The van der Waals surface area contributed by atoms with Crippen molar-refractivity contribution in [3.8, 4) is 0 Å². The van der Waals surface area contributed by atoms with Crippen LogP contribution in [0.2, 0.25) is 0 Å². The van der Waals surface area contributed by atoms with E-state index in [1.165, 1.54) is 7.11 Å². The van der Waals surface area contributed by atoms with Gasteiger partial charge in [-0.1, -0.05) is 0 Å². The summed E-state index contributed by atoms with van der Waals surface area (Å²) >= 11 is 0. The fourth-order valence-corrected chi connectivity index (χ4v) is 1.77. The molecule has 1 heterocycles. The van der Waals surface area contributed by atoms with Crippen LogP contribution in [0.5, 0.6) is 0 Å². The maximum Gasteiger partial charge on any atom is 0.340 e. The Balaban J connectivity index is 2.53. The van der Waals surface area contributed by atoms with Gasteiger partial charge in [0.15, 0.2) is 0 Å². The lowest BCUT2D eigenvalue weighted by Gasteiger charge is -2.06. The van der Waals surface area contributed by atoms with Crippen LogP contribution < -0.4 is 10.2 Å². The summed E-state index contributed by atoms with van der Waals surface area (Å²) in [6.07, 6.45) is 0. The molecule has 0 aromatic heterocycles. The molecule has 8 heavy (non-hydrogen) atoms. The fraction of sp³-hybridized carbons (Fsp3) is 1.00. The van der Waals surface area contributed by atoms with E-state index in [4.69, 9.17) is 0 Å². The molecule has 2 N–H and O–H groups in total. The Bertz CT molecular complexity index is 116. The van der Waals surface area contributed by atoms with Crippen LogP contribution in [0.25, 0.3) is 0 Å². The van der Waals surface area contributed by atoms with Crippen LogP contribution in [0, 0.1) is 0 Å². The minimum Gasteiger partial charge on any atom is -0.310 e. The first kappa shape index (κ1) is 6.23. The van der Waals surface area contributed by atoms with Gasteiger partial charge in [-0.2, -0.15) is 0 Å². The Morgan fingerprint density at radius 3 is 2.25 bits per heavy atom. The molecule has 1 rings (SSSR count). The van der Waals surface area contributed by atoms with E-state index < -0.39 is 7.67 Å². The lowest BCUT2D eigenvalue weighted by molar-refractivity contribution is 0.383. The highest BCUT2D eigenvalue weighted by atomic mass is 31.2. The minimum absolute atomic E-state index is 0.727. The van der Waals surface area contributed by atoms with Gasteiger partial charge in [-0.05, 0) is 0 Å². The molecule has 48 valence electrons. The summed E-state index contributed by atoms with van der Waals surface area (Å²) in [6.45, 7) is 1.45. The van der Waals surface area contributed by atoms with Gasteiger partial charge in [-0.25, -0.2) is 10.2 Å². The molecule has 0 amide bonds. The molecular weight excluding hydrogens is 127 g/mol. The van der Waals surface area contributed by atoms with Gasteiger partial charge in [-0.3, -0.25) is 4.57 Å². The van der Waals surface area contributed by atoms with Crippen LogP contribution in [0.3, 0.4) is 0 Å². The van der Waals surface area contributed by atoms with Gasteiger partial charge in [0.2, 0.25) is 0 Å². The van der Waals surface area contributed by atoms with E-state index >= 15 is 0 Å². The molecule has 0 saturated carbocycles. The Labute approximate surface area is 48.2 Å². The molecule has 0 aromatic rings. The fourth-order valence-electron chi connectivity index (χ4n) is 0.591. The smallest absolute Gasteiger partial charge is 0.310 e. The van der Waals surface area contributed by atoms with Gasteiger partial charge in [0.1, 0.15) is 0 Å². The predicted octanol–water partition coefficient (Wildman–Crippen LogP) is -0.0663. The molecule has 0 aliphatic carbocycles. The van der Waals surface area contributed by atoms with Crippen molar-refractivity contribution in [2.24, 2.45) is 0 Å². The molecular formula is C3H9N2O2P. The van der Waals surface area contributed by atoms with Crippen LogP contribution in [-0.2, 0) is 9.09 Å². The monoisotopic (exact) mass is 136 g/mol. The highest BCUT2D eigenvalue weighted by Gasteiger charge is 2.24. The van der Waals surface area contributed by atoms with E-state index in [1.807, 2.05) is 0 Å². The molecule has 0 atom stereocenters. The summed E-state index contributed by atoms with van der Waals surface area (Å²) in [5, 5.41) is 5.41. The highest BCUT2D eigenvalue weighted by molar-refractivity contribution is 7.55. The lowest BCUT2D eigenvalue weighted by atomic mass is 10.7. The molecule has 1 fully saturated rings. The molecule has 1 aliphatic rings. The van der Waals surface area contributed by atoms with Crippen LogP contribution in [-0.4, -0.2) is 20.2 Å². The number of rotatable bonds is 1. The highest BCUT2D eigenvalue weighted by Crippen LogP contribution is 2.37. The van der Waals surface area contributed by atoms with E-state index in [0.717, 1.165) is 13.1 Å². The Kier molecular flexibility index (Phi) is 1.68. The zero-order chi connectivity index (χ0) is 6.04. The van der Waals surface area contributed by atoms with Crippen molar-refractivity contribution in [1.29, 1.82) is 0 Å². The van der Waals surface area contributed by atoms with E-state index in [0.29, 0.717) is 0 Å². The second-order valence-corrected chi connectivity index (χ2v) is 3.65. The first-order chi connectivity index (χ1) is 3.77. The van der Waals surface area contributed by atoms with E-state index in [2.05, 4.69) is 14.7 Å². The molecule has 0 aromatic carbocycles. The molecule has 0 spiro atoms. The second kappa shape index (κ2) is 2.15. The van der Waals surface area contributed by atoms with Gasteiger partial charge in [0, 0.05) is 20.2 Å². The average Bonchev–Trinajstić information content (AvgIpc) is 2.17. The Hall–Kier alpha value is 0.110. The zero-order valence-electron chi connectivity index (χ0n) is 4.68. The summed E-state index contributed by atoms with van der Waals surface area (Å²) in [6, 6.07) is 0. The van der Waals surface area contributed by atoms with Crippen molar-refractivity contribution in [2.45, 2.75) is 0 Å². The zero-order valence-corrected chi connectivity index (χ0v) is 5.57. The molecule has 4 nitrogen and oxygen atoms in total. The topological polar surface area (TPSA) is 50.4 Å². The molecule has 1 aliphatic heterocycles.